The Morgan fingerprint density at radius 1 is 0.615 bits per heavy atom. The number of aromatic hydroxyl groups is 1. The summed E-state index contributed by atoms with van der Waals surface area (Å²) in [5.41, 5.74) is -0.789. The standard InChI is InChI=1S/C38H27ClN10O13S3/c1-18(50)40-29-16-21(10-12-28(29)48-46-22-15-26-24(31(17-22)64(57,58)59)6-4-8-30(26)63(54,55)56)42-38-44-36(39)43-37(45-38)41-20-9-11-23-19(13-20)14-32(65(60,61)62)33(34(23)51)49-47-27-7-3-2-5-25(27)35(52)53/h2-17,51H,1H3,(H,40,50)(H,52,53)(H,54,55,56)(H,57,58,59)(H,60,61,62)(H2,41,42,43,44,45). The van der Waals surface area contributed by atoms with E-state index in [1.807, 2.05) is 0 Å². The second kappa shape index (κ2) is 17.5. The van der Waals surface area contributed by atoms with Gasteiger partial charge >= 0.3 is 5.97 Å². The molecule has 0 aliphatic heterocycles. The normalized spacial score (nSPS) is 12.3. The van der Waals surface area contributed by atoms with Gasteiger partial charge in [0.2, 0.25) is 23.1 Å². The number of phenolic OH excluding ortho intramolecular Hbond substituents is 1. The summed E-state index contributed by atoms with van der Waals surface area (Å²) in [6.45, 7) is 1.20. The molecule has 0 bridgehead atoms. The molecular formula is C38H27ClN10O13S3. The number of phenols is 1. The summed E-state index contributed by atoms with van der Waals surface area (Å²) >= 11 is 6.22. The molecule has 0 unspecified atom stereocenters. The van der Waals surface area contributed by atoms with Crippen LogP contribution in [0, 0.1) is 0 Å². The fourth-order valence-corrected chi connectivity index (χ4v) is 8.44. The predicted molar refractivity (Wildman–Crippen MR) is 233 cm³/mol. The molecule has 0 spiro atoms. The summed E-state index contributed by atoms with van der Waals surface area (Å²) in [6.07, 6.45) is 0. The quantitative estimate of drug-likeness (QED) is 0.0398. The number of hydrogen-bond acceptors (Lipinski definition) is 18. The maximum atomic E-state index is 12.4. The molecule has 0 aliphatic rings. The highest BCUT2D eigenvalue weighted by atomic mass is 35.5. The Bertz CT molecular complexity index is 3560. The second-order valence-corrected chi connectivity index (χ2v) is 17.9. The third-order valence-corrected chi connectivity index (χ3v) is 11.7. The van der Waals surface area contributed by atoms with Crippen LogP contribution in [0.2, 0.25) is 5.28 Å². The van der Waals surface area contributed by atoms with Crippen LogP contribution in [0.1, 0.15) is 17.3 Å². The largest absolute Gasteiger partial charge is 0.505 e. The summed E-state index contributed by atoms with van der Waals surface area (Å²) in [4.78, 5) is 34.0. The van der Waals surface area contributed by atoms with Gasteiger partial charge in [0.15, 0.2) is 5.75 Å². The number of hydrogen-bond donors (Lipinski definition) is 8. The van der Waals surface area contributed by atoms with Crippen molar-refractivity contribution in [2.24, 2.45) is 20.5 Å². The molecule has 0 aliphatic carbocycles. The van der Waals surface area contributed by atoms with Crippen LogP contribution < -0.4 is 16.0 Å². The van der Waals surface area contributed by atoms with Crippen molar-refractivity contribution in [1.29, 1.82) is 0 Å². The Morgan fingerprint density at radius 2 is 1.25 bits per heavy atom. The van der Waals surface area contributed by atoms with Crippen molar-refractivity contribution in [1.82, 2.24) is 15.0 Å². The topological polar surface area (TPSA) is 362 Å². The smallest absolute Gasteiger partial charge is 0.337 e. The highest BCUT2D eigenvalue weighted by Gasteiger charge is 2.24. The summed E-state index contributed by atoms with van der Waals surface area (Å²) in [5.74, 6) is -2.85. The van der Waals surface area contributed by atoms with Crippen molar-refractivity contribution >= 4 is 127 Å². The first-order chi connectivity index (χ1) is 30.5. The molecule has 1 aromatic heterocycles. The lowest BCUT2D eigenvalue weighted by Gasteiger charge is -2.12. The van der Waals surface area contributed by atoms with Gasteiger partial charge in [0, 0.05) is 34.5 Å². The van der Waals surface area contributed by atoms with Gasteiger partial charge in [0.1, 0.15) is 31.7 Å². The lowest BCUT2D eigenvalue weighted by Crippen LogP contribution is -2.07. The molecule has 23 nitrogen and oxygen atoms in total. The molecule has 0 saturated heterocycles. The van der Waals surface area contributed by atoms with E-state index in [1.54, 1.807) is 0 Å². The number of aromatic carboxylic acids is 1. The lowest BCUT2D eigenvalue weighted by atomic mass is 10.1. The first-order valence-electron chi connectivity index (χ1n) is 17.9. The van der Waals surface area contributed by atoms with Crippen molar-refractivity contribution in [3.63, 3.8) is 0 Å². The number of carboxylic acids is 1. The van der Waals surface area contributed by atoms with Crippen LogP contribution in [0.25, 0.3) is 21.5 Å². The number of rotatable bonds is 13. The molecule has 0 radical (unpaired) electrons. The van der Waals surface area contributed by atoms with Gasteiger partial charge in [-0.25, -0.2) is 4.79 Å². The van der Waals surface area contributed by atoms with E-state index >= 15 is 0 Å². The maximum absolute atomic E-state index is 12.4. The second-order valence-electron chi connectivity index (χ2n) is 13.4. The van der Waals surface area contributed by atoms with E-state index in [0.717, 1.165) is 24.3 Å². The highest BCUT2D eigenvalue weighted by Crippen LogP contribution is 2.43. The molecule has 7 rings (SSSR count). The Labute approximate surface area is 370 Å². The van der Waals surface area contributed by atoms with Crippen LogP contribution in [-0.4, -0.2) is 76.0 Å². The van der Waals surface area contributed by atoms with Crippen molar-refractivity contribution < 1.29 is 58.7 Å². The van der Waals surface area contributed by atoms with Crippen molar-refractivity contribution in [3.8, 4) is 5.75 Å². The molecule has 0 atom stereocenters. The Hall–Kier alpha value is -7.59. The zero-order valence-corrected chi connectivity index (χ0v) is 35.7. The molecule has 6 aromatic carbocycles. The number of nitrogens with one attached hydrogen (secondary N) is 3. The Kier molecular flexibility index (Phi) is 12.3. The van der Waals surface area contributed by atoms with E-state index in [2.05, 4.69) is 51.4 Å². The van der Waals surface area contributed by atoms with Crippen LogP contribution in [0.4, 0.5) is 51.7 Å². The van der Waals surface area contributed by atoms with Crippen molar-refractivity contribution in [2.75, 3.05) is 16.0 Å². The van der Waals surface area contributed by atoms with Gasteiger partial charge in [-0.1, -0.05) is 24.3 Å². The Morgan fingerprint density at radius 3 is 1.89 bits per heavy atom. The number of fused-ring (bicyclic) bond motifs is 2. The number of carbonyl (C=O) groups is 2. The molecule has 0 fully saturated rings. The average molecular weight is 963 g/mol. The average Bonchev–Trinajstić information content (AvgIpc) is 3.21. The zero-order valence-electron chi connectivity index (χ0n) is 32.5. The van der Waals surface area contributed by atoms with Crippen LogP contribution >= 0.6 is 11.6 Å². The van der Waals surface area contributed by atoms with Gasteiger partial charge in [0.25, 0.3) is 30.4 Å². The summed E-state index contributed by atoms with van der Waals surface area (Å²) < 4.78 is 103. The summed E-state index contributed by atoms with van der Waals surface area (Å²) in [6, 6.07) is 20.3. The van der Waals surface area contributed by atoms with Gasteiger partial charge in [-0.15, -0.1) is 15.3 Å². The van der Waals surface area contributed by atoms with E-state index in [0.29, 0.717) is 0 Å². The summed E-state index contributed by atoms with van der Waals surface area (Å²) in [7, 11) is -14.8. The van der Waals surface area contributed by atoms with Crippen LogP contribution in [-0.2, 0) is 35.1 Å². The van der Waals surface area contributed by atoms with Crippen LogP contribution in [0.15, 0.2) is 132 Å². The predicted octanol–water partition coefficient (Wildman–Crippen LogP) is 8.25. The molecule has 1 heterocycles. The van der Waals surface area contributed by atoms with Crippen molar-refractivity contribution in [3.05, 3.63) is 108 Å². The first kappa shape index (κ1) is 45.4. The first-order valence-corrected chi connectivity index (χ1v) is 22.6. The monoisotopic (exact) mass is 962 g/mol. The van der Waals surface area contributed by atoms with Gasteiger partial charge in [0.05, 0.1) is 16.9 Å². The lowest BCUT2D eigenvalue weighted by molar-refractivity contribution is -0.114. The number of carboxylic acid groups (broad SMARTS) is 1. The third-order valence-electron chi connectivity index (χ3n) is 8.88. The molecule has 27 heteroatoms. The van der Waals surface area contributed by atoms with Crippen molar-refractivity contribution in [2.45, 2.75) is 21.6 Å². The molecule has 65 heavy (non-hydrogen) atoms. The number of halogens is 1. The number of benzene rings is 6. The van der Waals surface area contributed by atoms with E-state index in [4.69, 9.17) is 11.6 Å². The van der Waals surface area contributed by atoms with E-state index in [9.17, 15) is 58.7 Å². The van der Waals surface area contributed by atoms with Gasteiger partial charge < -0.3 is 26.2 Å². The number of amides is 1. The number of aromatic nitrogens is 3. The fourth-order valence-electron chi connectivity index (χ4n) is 6.20. The summed E-state index contributed by atoms with van der Waals surface area (Å²) in [5, 5.41) is 43.9. The third kappa shape index (κ3) is 10.3. The van der Waals surface area contributed by atoms with Crippen LogP contribution in [0.3, 0.4) is 0 Å². The molecule has 7 aromatic rings. The number of anilines is 5. The zero-order chi connectivity index (χ0) is 47.0. The van der Waals surface area contributed by atoms with E-state index < -0.39 is 68.4 Å². The molecule has 0 saturated carbocycles. The van der Waals surface area contributed by atoms with E-state index in [1.165, 1.54) is 79.7 Å². The SMILES string of the molecule is CC(=O)Nc1cc(Nc2nc(Cl)nc(Nc3ccc4c(O)c(N=Nc5ccccc5C(=O)O)c(S(=O)(=O)O)cc4c3)n2)ccc1N=Nc1cc(S(=O)(=O)O)c2cccc(S(=O)(=O)O)c2c1. The Balaban J connectivity index is 1.17. The molecule has 1 amide bonds. The number of carbonyl (C=O) groups excluding carboxylic acids is 1. The minimum absolute atomic E-state index is 0.0107. The molecule has 332 valence electrons. The minimum atomic E-state index is -5.04. The van der Waals surface area contributed by atoms with Gasteiger partial charge in [-0.2, -0.15) is 45.3 Å². The van der Waals surface area contributed by atoms with Gasteiger partial charge in [-0.3, -0.25) is 18.5 Å². The number of azo groups is 2. The highest BCUT2D eigenvalue weighted by molar-refractivity contribution is 7.86. The molecule has 8 N–H and O–H groups in total. The number of nitrogens with zero attached hydrogens (tertiary/aromatic N) is 7. The maximum Gasteiger partial charge on any atom is 0.337 e. The van der Waals surface area contributed by atoms with Gasteiger partial charge in [-0.05, 0) is 89.8 Å². The minimum Gasteiger partial charge on any atom is -0.505 e. The fraction of sp³-hybridized carbons (Fsp3) is 0.0263. The van der Waals surface area contributed by atoms with Crippen LogP contribution in [0.5, 0.6) is 5.75 Å². The molecular weight excluding hydrogens is 936 g/mol. The van der Waals surface area contributed by atoms with E-state index in [-0.39, 0.29) is 78.4 Å².